The van der Waals surface area contributed by atoms with E-state index in [1.165, 1.54) is 0 Å². The summed E-state index contributed by atoms with van der Waals surface area (Å²) < 4.78 is 7.03. The summed E-state index contributed by atoms with van der Waals surface area (Å²) >= 11 is 0. The molecule has 0 bridgehead atoms. The van der Waals surface area contributed by atoms with Crippen LogP contribution in [0.2, 0.25) is 0 Å². The van der Waals surface area contributed by atoms with Crippen molar-refractivity contribution in [1.29, 1.82) is 0 Å². The van der Waals surface area contributed by atoms with Crippen LogP contribution in [-0.2, 0) is 27.3 Å². The zero-order valence-electron chi connectivity index (χ0n) is 14.7. The van der Waals surface area contributed by atoms with Gasteiger partial charge < -0.3 is 14.6 Å². The highest BCUT2D eigenvalue weighted by molar-refractivity contribution is 5.83. The molecule has 1 aliphatic rings. The van der Waals surface area contributed by atoms with Crippen LogP contribution < -0.4 is 5.32 Å². The first kappa shape index (κ1) is 18.4. The lowest BCUT2D eigenvalue weighted by Crippen LogP contribution is -2.43. The Morgan fingerprint density at radius 3 is 2.75 bits per heavy atom. The summed E-state index contributed by atoms with van der Waals surface area (Å²) in [6, 6.07) is 0. The van der Waals surface area contributed by atoms with Gasteiger partial charge in [-0.3, -0.25) is 14.5 Å². The summed E-state index contributed by atoms with van der Waals surface area (Å²) in [5, 5.41) is 2.61. The van der Waals surface area contributed by atoms with Crippen LogP contribution in [0, 0.1) is 5.92 Å². The van der Waals surface area contributed by atoms with E-state index in [9.17, 15) is 9.59 Å². The van der Waals surface area contributed by atoms with Crippen molar-refractivity contribution < 1.29 is 14.3 Å². The predicted molar refractivity (Wildman–Crippen MR) is 90.4 cm³/mol. The van der Waals surface area contributed by atoms with Crippen molar-refractivity contribution in [2.24, 2.45) is 5.92 Å². The minimum Gasteiger partial charge on any atom is -0.465 e. The van der Waals surface area contributed by atoms with Gasteiger partial charge in [0.25, 0.3) is 0 Å². The summed E-state index contributed by atoms with van der Waals surface area (Å²) in [5.74, 6) is 1.25. The highest BCUT2D eigenvalue weighted by atomic mass is 16.5. The third kappa shape index (κ3) is 5.63. The van der Waals surface area contributed by atoms with Gasteiger partial charge in [-0.1, -0.05) is 6.92 Å². The van der Waals surface area contributed by atoms with Gasteiger partial charge >= 0.3 is 5.97 Å². The molecule has 1 N–H and O–H groups in total. The molecule has 0 aliphatic carbocycles. The van der Waals surface area contributed by atoms with E-state index in [4.69, 9.17) is 4.74 Å². The quantitative estimate of drug-likeness (QED) is 0.712. The number of nitrogens with one attached hydrogen (secondary N) is 1. The lowest BCUT2D eigenvalue weighted by atomic mass is 9.96. The second kappa shape index (κ2) is 9.42. The summed E-state index contributed by atoms with van der Waals surface area (Å²) in [7, 11) is 0. The number of likely N-dealkylation sites (tertiary alicyclic amines) is 1. The number of aromatic nitrogens is 2. The highest BCUT2D eigenvalue weighted by Crippen LogP contribution is 2.19. The summed E-state index contributed by atoms with van der Waals surface area (Å²) in [5.41, 5.74) is 0. The Labute approximate surface area is 143 Å². The van der Waals surface area contributed by atoms with Gasteiger partial charge in [0.2, 0.25) is 5.91 Å². The molecule has 1 aromatic heterocycles. The van der Waals surface area contributed by atoms with Crippen LogP contribution in [0.15, 0.2) is 12.4 Å². The molecule has 1 aliphatic heterocycles. The molecule has 0 unspecified atom stereocenters. The molecule has 0 spiro atoms. The van der Waals surface area contributed by atoms with Gasteiger partial charge in [-0.25, -0.2) is 4.98 Å². The van der Waals surface area contributed by atoms with Crippen LogP contribution in [0.3, 0.4) is 0 Å². The van der Waals surface area contributed by atoms with Crippen molar-refractivity contribution in [2.75, 3.05) is 32.8 Å². The summed E-state index contributed by atoms with van der Waals surface area (Å²) in [6.45, 7) is 7.32. The van der Waals surface area contributed by atoms with Gasteiger partial charge in [0.1, 0.15) is 12.4 Å². The van der Waals surface area contributed by atoms with Gasteiger partial charge in [0.15, 0.2) is 0 Å². The number of nitrogens with zero attached hydrogens (tertiary/aromatic N) is 3. The number of esters is 1. The number of aryl methyl sites for hydroxylation is 1. The number of ether oxygens (including phenoxy) is 1. The summed E-state index contributed by atoms with van der Waals surface area (Å²) in [4.78, 5) is 29.6. The Kier molecular flexibility index (Phi) is 7.24. The molecule has 2 heterocycles. The van der Waals surface area contributed by atoms with Crippen LogP contribution >= 0.6 is 0 Å². The summed E-state index contributed by atoms with van der Waals surface area (Å²) in [6.07, 6.45) is 7.02. The molecule has 0 radical (unpaired) electrons. The molecule has 7 heteroatoms. The number of carbonyl (C=O) groups excluding carboxylic acids is 2. The van der Waals surface area contributed by atoms with Crippen LogP contribution in [0.1, 0.15) is 32.5 Å². The fourth-order valence-corrected chi connectivity index (χ4v) is 3.07. The normalized spacial score (nSPS) is 16.1. The third-order valence-electron chi connectivity index (χ3n) is 4.38. The smallest absolute Gasteiger partial charge is 0.325 e. The lowest BCUT2D eigenvalue weighted by Gasteiger charge is -2.31. The van der Waals surface area contributed by atoms with E-state index in [0.717, 1.165) is 44.7 Å². The number of rotatable bonds is 8. The number of hydrogen-bond donors (Lipinski definition) is 1. The lowest BCUT2D eigenvalue weighted by molar-refractivity contribution is -0.143. The maximum Gasteiger partial charge on any atom is 0.325 e. The Bertz CT molecular complexity index is 536. The largest absolute Gasteiger partial charge is 0.465 e. The van der Waals surface area contributed by atoms with Crippen molar-refractivity contribution in [1.82, 2.24) is 19.8 Å². The average Bonchev–Trinajstić information content (AvgIpc) is 3.02. The van der Waals surface area contributed by atoms with Gasteiger partial charge in [-0.05, 0) is 38.8 Å². The first-order chi connectivity index (χ1) is 11.6. The van der Waals surface area contributed by atoms with E-state index in [0.29, 0.717) is 19.1 Å². The number of amides is 1. The van der Waals surface area contributed by atoms with E-state index >= 15 is 0 Å². The number of carbonyl (C=O) groups is 2. The van der Waals surface area contributed by atoms with Crippen molar-refractivity contribution in [3.05, 3.63) is 18.2 Å². The van der Waals surface area contributed by atoms with Crippen LogP contribution in [0.4, 0.5) is 0 Å². The molecule has 0 aromatic carbocycles. The second-order valence-electron chi connectivity index (χ2n) is 6.15. The molecule has 7 nitrogen and oxygen atoms in total. The Morgan fingerprint density at radius 1 is 1.33 bits per heavy atom. The molecule has 1 saturated heterocycles. The van der Waals surface area contributed by atoms with Crippen molar-refractivity contribution in [3.8, 4) is 0 Å². The minimum atomic E-state index is -0.392. The highest BCUT2D eigenvalue weighted by Gasteiger charge is 2.21. The zero-order valence-corrected chi connectivity index (χ0v) is 14.7. The van der Waals surface area contributed by atoms with E-state index in [1.54, 1.807) is 6.92 Å². The predicted octanol–water partition coefficient (Wildman–Crippen LogP) is 0.837. The Hall–Kier alpha value is -1.89. The molecule has 2 rings (SSSR count). The number of hydrogen-bond acceptors (Lipinski definition) is 5. The zero-order chi connectivity index (χ0) is 17.4. The first-order valence-corrected chi connectivity index (χ1v) is 8.77. The van der Waals surface area contributed by atoms with Crippen molar-refractivity contribution in [2.45, 2.75) is 39.7 Å². The standard InChI is InChI=1S/C17H28N4O3/c1-3-15-18-7-10-21(15)12-14-5-8-20(9-6-14)13-16(22)19-11-17(23)24-4-2/h7,10,14H,3-6,8-9,11-13H2,1-2H3,(H,19,22). The molecular formula is C17H28N4O3. The van der Waals surface area contributed by atoms with Crippen molar-refractivity contribution in [3.63, 3.8) is 0 Å². The molecular weight excluding hydrogens is 308 g/mol. The SMILES string of the molecule is CCOC(=O)CNC(=O)CN1CCC(Cn2ccnc2CC)CC1. The molecule has 1 fully saturated rings. The molecule has 0 atom stereocenters. The maximum absolute atomic E-state index is 11.9. The van der Waals surface area contributed by atoms with Gasteiger partial charge in [0.05, 0.1) is 13.2 Å². The molecule has 1 aromatic rings. The van der Waals surface area contributed by atoms with E-state index in [2.05, 4.69) is 26.7 Å². The number of imidazole rings is 1. The van der Waals surface area contributed by atoms with Gasteiger partial charge in [-0.15, -0.1) is 0 Å². The fraction of sp³-hybridized carbons (Fsp3) is 0.706. The molecule has 1 amide bonds. The molecule has 24 heavy (non-hydrogen) atoms. The Morgan fingerprint density at radius 2 is 2.08 bits per heavy atom. The first-order valence-electron chi connectivity index (χ1n) is 8.77. The van der Waals surface area contributed by atoms with Gasteiger partial charge in [-0.2, -0.15) is 0 Å². The second-order valence-corrected chi connectivity index (χ2v) is 6.15. The molecule has 0 saturated carbocycles. The van der Waals surface area contributed by atoms with E-state index in [-0.39, 0.29) is 12.5 Å². The Balaban J connectivity index is 1.67. The van der Waals surface area contributed by atoms with E-state index < -0.39 is 5.97 Å². The maximum atomic E-state index is 11.9. The average molecular weight is 336 g/mol. The monoisotopic (exact) mass is 336 g/mol. The van der Waals surface area contributed by atoms with E-state index in [1.807, 2.05) is 12.4 Å². The third-order valence-corrected chi connectivity index (χ3v) is 4.38. The van der Waals surface area contributed by atoms with Crippen LogP contribution in [-0.4, -0.2) is 59.1 Å². The minimum absolute atomic E-state index is 0.0520. The van der Waals surface area contributed by atoms with Crippen LogP contribution in [0.5, 0.6) is 0 Å². The van der Waals surface area contributed by atoms with Gasteiger partial charge in [0, 0.05) is 25.4 Å². The van der Waals surface area contributed by atoms with Crippen molar-refractivity contribution >= 4 is 11.9 Å². The fourth-order valence-electron chi connectivity index (χ4n) is 3.07. The topological polar surface area (TPSA) is 76.5 Å². The van der Waals surface area contributed by atoms with Crippen LogP contribution in [0.25, 0.3) is 0 Å². The molecule has 134 valence electrons. The number of piperidine rings is 1.